The van der Waals surface area contributed by atoms with Crippen LogP contribution in [0.15, 0.2) is 0 Å². The van der Waals surface area contributed by atoms with Crippen molar-refractivity contribution < 1.29 is 65.0 Å². The number of halogens is 4. The van der Waals surface area contributed by atoms with Crippen molar-refractivity contribution in [2.75, 3.05) is 0 Å². The van der Waals surface area contributed by atoms with E-state index in [1.807, 2.05) is 0 Å². The molecule has 0 aliphatic rings. The Morgan fingerprint density at radius 1 is 0.706 bits per heavy atom. The molecule has 0 unspecified atom stereocenters. The first-order chi connectivity index (χ1) is 7.29. The molecule has 4 nitrogen and oxygen atoms in total. The Morgan fingerprint density at radius 3 is 1.12 bits per heavy atom. The number of hydrogen-bond donors (Lipinski definition) is 2. The van der Waals surface area contributed by atoms with Crippen LogP contribution in [0.25, 0.3) is 0 Å². The smallest absolute Gasteiger partial charge is 0.339 e. The van der Waals surface area contributed by atoms with Gasteiger partial charge in [0.15, 0.2) is 23.3 Å². The van der Waals surface area contributed by atoms with Gasteiger partial charge in [-0.2, -0.15) is 0 Å². The SMILES string of the molecule is O=C(O)c1c(F)c(F)c(F)c(F)c1C(=O)O.[Hg]. The van der Waals surface area contributed by atoms with Crippen molar-refractivity contribution >= 4 is 11.9 Å². The topological polar surface area (TPSA) is 74.6 Å². The fourth-order valence-electron chi connectivity index (χ4n) is 1.03. The Morgan fingerprint density at radius 2 is 0.941 bits per heavy atom. The molecule has 1 aromatic carbocycles. The van der Waals surface area contributed by atoms with Crippen molar-refractivity contribution in [3.8, 4) is 0 Å². The van der Waals surface area contributed by atoms with Gasteiger partial charge >= 0.3 is 11.9 Å². The molecule has 1 rings (SSSR count). The van der Waals surface area contributed by atoms with E-state index in [0.717, 1.165) is 0 Å². The molecule has 0 heterocycles. The fourth-order valence-corrected chi connectivity index (χ4v) is 1.03. The normalized spacial score (nSPS) is 9.65. The standard InChI is InChI=1S/C8H2F4O4.Hg/c9-3-1(7(13)14)2(8(15)16)4(10)6(12)5(3)11;/h(H,13,14)(H,15,16);. The van der Waals surface area contributed by atoms with Crippen LogP contribution in [0.2, 0.25) is 0 Å². The maximum Gasteiger partial charge on any atom is 0.339 e. The average molecular weight is 439 g/mol. The van der Waals surface area contributed by atoms with E-state index in [4.69, 9.17) is 10.2 Å². The molecular formula is C8H2F4HgO4. The maximum absolute atomic E-state index is 12.9. The van der Waals surface area contributed by atoms with E-state index in [-0.39, 0.29) is 27.7 Å². The Bertz CT molecular complexity index is 458. The summed E-state index contributed by atoms with van der Waals surface area (Å²) in [5.41, 5.74) is -3.52. The predicted octanol–water partition coefficient (Wildman–Crippen LogP) is 1.64. The largest absolute Gasteiger partial charge is 0.478 e. The summed E-state index contributed by atoms with van der Waals surface area (Å²) in [5.74, 6) is -13.7. The minimum Gasteiger partial charge on any atom is -0.478 e. The molecule has 1 aromatic rings. The van der Waals surface area contributed by atoms with Gasteiger partial charge < -0.3 is 10.2 Å². The maximum atomic E-state index is 12.9. The van der Waals surface area contributed by atoms with Gasteiger partial charge in [0.05, 0.1) is 0 Å². The molecule has 17 heavy (non-hydrogen) atoms. The van der Waals surface area contributed by atoms with Gasteiger partial charge in [0, 0.05) is 27.7 Å². The van der Waals surface area contributed by atoms with Gasteiger partial charge in [-0.15, -0.1) is 0 Å². The summed E-state index contributed by atoms with van der Waals surface area (Å²) in [6.07, 6.45) is 0. The van der Waals surface area contributed by atoms with Crippen LogP contribution >= 0.6 is 0 Å². The van der Waals surface area contributed by atoms with Crippen molar-refractivity contribution in [2.45, 2.75) is 0 Å². The second-order valence-corrected chi connectivity index (χ2v) is 2.62. The van der Waals surface area contributed by atoms with Crippen molar-refractivity contribution in [1.82, 2.24) is 0 Å². The molecule has 0 aliphatic heterocycles. The third-order valence-electron chi connectivity index (χ3n) is 1.69. The Kier molecular flexibility index (Phi) is 5.05. The van der Waals surface area contributed by atoms with Gasteiger partial charge in [0.1, 0.15) is 11.1 Å². The van der Waals surface area contributed by atoms with Gasteiger partial charge in [-0.3, -0.25) is 0 Å². The first-order valence-electron chi connectivity index (χ1n) is 3.61. The Hall–Kier alpha value is -1.18. The molecule has 0 atom stereocenters. The minimum atomic E-state index is -2.38. The quantitative estimate of drug-likeness (QED) is 0.319. The molecule has 0 bridgehead atoms. The van der Waals surface area contributed by atoms with Crippen LogP contribution in [-0.2, 0) is 27.7 Å². The second kappa shape index (κ2) is 5.43. The third kappa shape index (κ3) is 2.56. The van der Waals surface area contributed by atoms with Crippen LogP contribution in [0.4, 0.5) is 17.6 Å². The first-order valence-corrected chi connectivity index (χ1v) is 3.61. The molecular weight excluding hydrogens is 437 g/mol. The van der Waals surface area contributed by atoms with E-state index >= 15 is 0 Å². The summed E-state index contributed by atoms with van der Waals surface area (Å²) in [6.45, 7) is 0. The van der Waals surface area contributed by atoms with Crippen LogP contribution < -0.4 is 0 Å². The molecule has 0 saturated carbocycles. The van der Waals surface area contributed by atoms with Gasteiger partial charge in [0.2, 0.25) is 0 Å². The van der Waals surface area contributed by atoms with Gasteiger partial charge in [-0.25, -0.2) is 27.2 Å². The van der Waals surface area contributed by atoms with Crippen molar-refractivity contribution in [2.24, 2.45) is 0 Å². The summed E-state index contributed by atoms with van der Waals surface area (Å²) in [7, 11) is 0. The number of hydrogen-bond acceptors (Lipinski definition) is 2. The molecule has 0 radical (unpaired) electrons. The summed E-state index contributed by atoms with van der Waals surface area (Å²) >= 11 is 0. The van der Waals surface area contributed by atoms with Crippen molar-refractivity contribution in [3.05, 3.63) is 34.4 Å². The number of aromatic carboxylic acids is 2. The van der Waals surface area contributed by atoms with E-state index in [1.54, 1.807) is 0 Å². The monoisotopic (exact) mass is 440 g/mol. The number of benzene rings is 1. The molecule has 0 spiro atoms. The molecule has 2 N–H and O–H groups in total. The summed E-state index contributed by atoms with van der Waals surface area (Å²) in [5, 5.41) is 16.8. The van der Waals surface area contributed by atoms with Gasteiger partial charge in [-0.05, 0) is 0 Å². The molecule has 9 heteroatoms. The van der Waals surface area contributed by atoms with E-state index < -0.39 is 46.3 Å². The van der Waals surface area contributed by atoms with E-state index in [2.05, 4.69) is 0 Å². The van der Waals surface area contributed by atoms with Crippen molar-refractivity contribution in [3.63, 3.8) is 0 Å². The number of carboxylic acids is 2. The molecule has 0 aromatic heterocycles. The fraction of sp³-hybridized carbons (Fsp3) is 0. The third-order valence-corrected chi connectivity index (χ3v) is 1.69. The van der Waals surface area contributed by atoms with Crippen molar-refractivity contribution in [1.29, 1.82) is 0 Å². The summed E-state index contributed by atoms with van der Waals surface area (Å²) < 4.78 is 51.0. The number of carbonyl (C=O) groups is 2. The zero-order valence-electron chi connectivity index (χ0n) is 7.93. The molecule has 0 saturated heterocycles. The van der Waals surface area contributed by atoms with E-state index in [1.165, 1.54) is 0 Å². The molecule has 0 aliphatic carbocycles. The second-order valence-electron chi connectivity index (χ2n) is 2.62. The minimum absolute atomic E-state index is 0. The zero-order chi connectivity index (χ0) is 12.6. The predicted molar refractivity (Wildman–Crippen MR) is 40.2 cm³/mol. The van der Waals surface area contributed by atoms with Crippen LogP contribution in [-0.4, -0.2) is 22.2 Å². The van der Waals surface area contributed by atoms with E-state index in [9.17, 15) is 27.2 Å². The number of carboxylic acid groups (broad SMARTS) is 2. The molecule has 0 fully saturated rings. The van der Waals surface area contributed by atoms with Crippen LogP contribution in [0.3, 0.4) is 0 Å². The zero-order valence-corrected chi connectivity index (χ0v) is 13.4. The van der Waals surface area contributed by atoms with Gasteiger partial charge in [0.25, 0.3) is 0 Å². The number of rotatable bonds is 2. The summed E-state index contributed by atoms with van der Waals surface area (Å²) in [4.78, 5) is 20.8. The first kappa shape index (κ1) is 15.8. The Balaban J connectivity index is 0.00000256. The van der Waals surface area contributed by atoms with Crippen LogP contribution in [0, 0.1) is 23.3 Å². The van der Waals surface area contributed by atoms with Gasteiger partial charge in [-0.1, -0.05) is 0 Å². The Labute approximate surface area is 111 Å². The molecule has 0 amide bonds. The van der Waals surface area contributed by atoms with Crippen LogP contribution in [0.1, 0.15) is 20.7 Å². The van der Waals surface area contributed by atoms with E-state index in [0.29, 0.717) is 0 Å². The molecule has 88 valence electrons. The van der Waals surface area contributed by atoms with Crippen LogP contribution in [0.5, 0.6) is 0 Å². The average Bonchev–Trinajstić information content (AvgIpc) is 2.18. The summed E-state index contributed by atoms with van der Waals surface area (Å²) in [6, 6.07) is 0.